The fourth-order valence-corrected chi connectivity index (χ4v) is 6.51. The number of carbonyl (C=O) groups excluding carboxylic acids is 3. The molecule has 178 valence electrons. The summed E-state index contributed by atoms with van der Waals surface area (Å²) in [5.74, 6) is -0.201. The predicted octanol–water partition coefficient (Wildman–Crippen LogP) is 2.02. The van der Waals surface area contributed by atoms with Gasteiger partial charge in [-0.05, 0) is 62.1 Å². The summed E-state index contributed by atoms with van der Waals surface area (Å²) < 4.78 is 10.5. The first-order chi connectivity index (χ1) is 16.0. The lowest BCUT2D eigenvalue weighted by Gasteiger charge is -2.43. The number of piperidine rings is 1. The number of nitrogens with zero attached hydrogens (tertiary/aromatic N) is 3. The van der Waals surface area contributed by atoms with Crippen molar-refractivity contribution < 1.29 is 18.8 Å². The van der Waals surface area contributed by atoms with Gasteiger partial charge in [-0.3, -0.25) is 14.4 Å². The molecule has 2 aromatic heterocycles. The van der Waals surface area contributed by atoms with Crippen molar-refractivity contribution >= 4 is 52.8 Å². The first-order valence-corrected chi connectivity index (χ1v) is 13.9. The van der Waals surface area contributed by atoms with Crippen molar-refractivity contribution in [2.45, 2.75) is 27.6 Å². The van der Waals surface area contributed by atoms with Crippen LogP contribution >= 0.6 is 35.1 Å². The second-order valence-corrected chi connectivity index (χ2v) is 10.5. The Hall–Kier alpha value is -2.02. The van der Waals surface area contributed by atoms with Crippen molar-refractivity contribution in [1.82, 2.24) is 24.8 Å². The van der Waals surface area contributed by atoms with Gasteiger partial charge in [-0.1, -0.05) is 0 Å². The molecule has 4 heterocycles. The number of furan rings is 1. The van der Waals surface area contributed by atoms with Gasteiger partial charge in [0.15, 0.2) is 5.76 Å². The van der Waals surface area contributed by atoms with Crippen LogP contribution in [0.2, 0.25) is 0 Å². The van der Waals surface area contributed by atoms with Gasteiger partial charge < -0.3 is 24.9 Å². The number of rotatable bonds is 6. The van der Waals surface area contributed by atoms with Crippen LogP contribution in [-0.2, 0) is 4.79 Å². The van der Waals surface area contributed by atoms with Crippen molar-refractivity contribution in [2.75, 3.05) is 51.8 Å². The number of nitrogens with one attached hydrogen (secondary N) is 2. The molecule has 2 aliphatic heterocycles. The lowest BCUT2D eigenvalue weighted by molar-refractivity contribution is -0.140. The smallest absolute Gasteiger partial charge is 0.289 e. The van der Waals surface area contributed by atoms with Gasteiger partial charge in [0.25, 0.3) is 11.8 Å². The summed E-state index contributed by atoms with van der Waals surface area (Å²) in [5.41, 5.74) is -0.414. The molecule has 0 unspecified atom stereocenters. The number of hydrogen-bond donors (Lipinski definition) is 2. The third-order valence-electron chi connectivity index (χ3n) is 6.04. The second kappa shape index (κ2) is 10.5. The number of thioether (sulfide) groups is 2. The minimum atomic E-state index is -0.969. The van der Waals surface area contributed by atoms with Crippen LogP contribution in [0.5, 0.6) is 0 Å². The van der Waals surface area contributed by atoms with Crippen molar-refractivity contribution in [1.29, 1.82) is 0 Å². The fraction of sp³-hybridized carbons (Fsp3) is 0.524. The summed E-state index contributed by atoms with van der Waals surface area (Å²) in [7, 11) is 0. The highest BCUT2D eigenvalue weighted by Gasteiger charge is 2.45. The van der Waals surface area contributed by atoms with E-state index in [0.29, 0.717) is 68.5 Å². The molecule has 2 aliphatic rings. The molecular formula is C21H27N5O4S3. The molecule has 2 saturated heterocycles. The molecule has 12 heteroatoms. The Bertz CT molecular complexity index is 974. The summed E-state index contributed by atoms with van der Waals surface area (Å²) in [6.45, 7) is 2.99. The fourth-order valence-electron chi connectivity index (χ4n) is 4.23. The molecule has 0 radical (unpaired) electrons. The SMILES string of the molecule is CSc1nsc(SC)c1C(=O)NC1(C(=O)N2CCN(C(=O)c3ccco3)CC2)CCNCC1. The standard InChI is InChI=1S/C21H27N5O4S3/c1-31-17-15(19(32-2)33-24-17)16(27)23-21(5-7-22-8-6-21)20(29)26-11-9-25(10-12-26)18(28)14-4-3-13-30-14/h3-4,13,22H,5-12H2,1-2H3,(H,23,27). The summed E-state index contributed by atoms with van der Waals surface area (Å²) in [6.07, 6.45) is 6.33. The number of hydrogen-bond acceptors (Lipinski definition) is 9. The Morgan fingerprint density at radius 2 is 1.82 bits per heavy atom. The molecule has 2 aromatic rings. The quantitative estimate of drug-likeness (QED) is 0.570. The molecule has 0 aromatic carbocycles. The largest absolute Gasteiger partial charge is 0.459 e. The van der Waals surface area contributed by atoms with Crippen LogP contribution in [0.15, 0.2) is 32.0 Å². The zero-order valence-electron chi connectivity index (χ0n) is 18.6. The van der Waals surface area contributed by atoms with Gasteiger partial charge in [0, 0.05) is 26.2 Å². The van der Waals surface area contributed by atoms with Crippen molar-refractivity contribution in [3.63, 3.8) is 0 Å². The maximum Gasteiger partial charge on any atom is 0.289 e. The lowest BCUT2D eigenvalue weighted by Crippen LogP contribution is -2.65. The Morgan fingerprint density at radius 1 is 1.12 bits per heavy atom. The van der Waals surface area contributed by atoms with E-state index in [4.69, 9.17) is 4.42 Å². The third kappa shape index (κ3) is 4.93. The molecule has 9 nitrogen and oxygen atoms in total. The first-order valence-electron chi connectivity index (χ1n) is 10.7. The van der Waals surface area contributed by atoms with E-state index in [2.05, 4.69) is 15.0 Å². The maximum absolute atomic E-state index is 13.7. The predicted molar refractivity (Wildman–Crippen MR) is 129 cm³/mol. The minimum absolute atomic E-state index is 0.0814. The molecule has 0 atom stereocenters. The average Bonchev–Trinajstić information content (AvgIpc) is 3.53. The molecule has 2 fully saturated rings. The minimum Gasteiger partial charge on any atom is -0.459 e. The van der Waals surface area contributed by atoms with Gasteiger partial charge in [0.05, 0.1) is 16.0 Å². The number of carbonyl (C=O) groups is 3. The molecule has 0 spiro atoms. The van der Waals surface area contributed by atoms with Gasteiger partial charge in [-0.25, -0.2) is 0 Å². The zero-order valence-corrected chi connectivity index (χ0v) is 21.0. The average molecular weight is 510 g/mol. The normalized spacial score (nSPS) is 18.2. The van der Waals surface area contributed by atoms with E-state index < -0.39 is 5.54 Å². The van der Waals surface area contributed by atoms with Crippen LogP contribution < -0.4 is 10.6 Å². The van der Waals surface area contributed by atoms with Crippen LogP contribution in [-0.4, -0.2) is 89.2 Å². The summed E-state index contributed by atoms with van der Waals surface area (Å²) >= 11 is 4.23. The topological polar surface area (TPSA) is 108 Å². The van der Waals surface area contributed by atoms with E-state index in [1.165, 1.54) is 41.3 Å². The molecule has 33 heavy (non-hydrogen) atoms. The zero-order chi connectivity index (χ0) is 23.4. The molecule has 3 amide bonds. The van der Waals surface area contributed by atoms with Crippen LogP contribution in [0.25, 0.3) is 0 Å². The molecule has 0 saturated carbocycles. The highest BCUT2D eigenvalue weighted by molar-refractivity contribution is 8.01. The monoisotopic (exact) mass is 509 g/mol. The van der Waals surface area contributed by atoms with Crippen molar-refractivity contribution in [2.24, 2.45) is 0 Å². The summed E-state index contributed by atoms with van der Waals surface area (Å²) in [6, 6.07) is 3.33. The number of piperazine rings is 1. The summed E-state index contributed by atoms with van der Waals surface area (Å²) in [4.78, 5) is 43.1. The van der Waals surface area contributed by atoms with Gasteiger partial charge in [-0.15, -0.1) is 23.5 Å². The van der Waals surface area contributed by atoms with Crippen LogP contribution in [0.4, 0.5) is 0 Å². The Labute approximate surface area is 205 Å². The van der Waals surface area contributed by atoms with E-state index in [0.717, 1.165) is 4.21 Å². The molecule has 2 N–H and O–H groups in total. The van der Waals surface area contributed by atoms with Gasteiger partial charge in [0.1, 0.15) is 10.6 Å². The number of amides is 3. The van der Waals surface area contributed by atoms with Crippen molar-refractivity contribution in [3.8, 4) is 0 Å². The molecule has 0 bridgehead atoms. The van der Waals surface area contributed by atoms with Crippen LogP contribution in [0.1, 0.15) is 33.8 Å². The van der Waals surface area contributed by atoms with Crippen LogP contribution in [0.3, 0.4) is 0 Å². The highest BCUT2D eigenvalue weighted by Crippen LogP contribution is 2.33. The van der Waals surface area contributed by atoms with Gasteiger partial charge >= 0.3 is 0 Å². The van der Waals surface area contributed by atoms with E-state index in [-0.39, 0.29) is 17.7 Å². The van der Waals surface area contributed by atoms with Gasteiger partial charge in [-0.2, -0.15) is 4.37 Å². The highest BCUT2D eigenvalue weighted by atomic mass is 32.2. The summed E-state index contributed by atoms with van der Waals surface area (Å²) in [5, 5.41) is 7.08. The molecule has 0 aliphatic carbocycles. The molecule has 4 rings (SSSR count). The lowest BCUT2D eigenvalue weighted by atomic mass is 9.86. The van der Waals surface area contributed by atoms with E-state index in [9.17, 15) is 14.4 Å². The second-order valence-electron chi connectivity index (χ2n) is 7.91. The number of aromatic nitrogens is 1. The van der Waals surface area contributed by atoms with Crippen LogP contribution in [0, 0.1) is 0 Å². The van der Waals surface area contributed by atoms with E-state index in [1.807, 2.05) is 12.5 Å². The first kappa shape index (κ1) is 24.1. The Kier molecular flexibility index (Phi) is 7.67. The molecular weight excluding hydrogens is 482 g/mol. The third-order valence-corrected chi connectivity index (χ3v) is 8.78. The van der Waals surface area contributed by atoms with E-state index in [1.54, 1.807) is 21.9 Å². The van der Waals surface area contributed by atoms with E-state index >= 15 is 0 Å². The Balaban J connectivity index is 1.48. The maximum atomic E-state index is 13.7. The Morgan fingerprint density at radius 3 is 2.42 bits per heavy atom. The van der Waals surface area contributed by atoms with Crippen molar-refractivity contribution in [3.05, 3.63) is 29.7 Å². The van der Waals surface area contributed by atoms with Gasteiger partial charge in [0.2, 0.25) is 5.91 Å².